The molecule has 1 atom stereocenters. The largest absolute Gasteiger partial charge is 0.494 e. The molecule has 2 aromatic carbocycles. The van der Waals surface area contributed by atoms with Crippen molar-refractivity contribution < 1.29 is 22.7 Å². The van der Waals surface area contributed by atoms with Crippen LogP contribution in [-0.4, -0.2) is 53.5 Å². The number of alkyl halides is 3. The van der Waals surface area contributed by atoms with Gasteiger partial charge in [0.2, 0.25) is 0 Å². The predicted molar refractivity (Wildman–Crippen MR) is 131 cm³/mol. The number of hydrogen-bond donors (Lipinski definition) is 1. The Hall–Kier alpha value is -4.15. The molecule has 1 aliphatic rings. The molecule has 0 radical (unpaired) electrons. The molecule has 1 aliphatic heterocycles. The van der Waals surface area contributed by atoms with Crippen molar-refractivity contribution in [1.29, 1.82) is 0 Å². The van der Waals surface area contributed by atoms with Gasteiger partial charge in [-0.15, -0.1) is 0 Å². The van der Waals surface area contributed by atoms with E-state index in [-0.39, 0.29) is 17.8 Å². The first-order valence-electron chi connectivity index (χ1n) is 11.2. The Labute approximate surface area is 205 Å². The Morgan fingerprint density at radius 2 is 2.03 bits per heavy atom. The number of para-hydroxylation sites is 1. The predicted octanol–water partition coefficient (Wildman–Crippen LogP) is 3.83. The van der Waals surface area contributed by atoms with Crippen molar-refractivity contribution in [3.05, 3.63) is 71.5 Å². The molecule has 0 bridgehead atoms. The Kier molecular flexibility index (Phi) is 7.09. The van der Waals surface area contributed by atoms with Gasteiger partial charge >= 0.3 is 6.18 Å². The van der Waals surface area contributed by atoms with Crippen molar-refractivity contribution >= 4 is 23.5 Å². The van der Waals surface area contributed by atoms with Gasteiger partial charge in [0.25, 0.3) is 5.91 Å². The molecule has 188 valence electrons. The number of benzene rings is 2. The van der Waals surface area contributed by atoms with E-state index in [4.69, 9.17) is 10.6 Å². The highest BCUT2D eigenvalue weighted by Crippen LogP contribution is 2.31. The highest BCUT2D eigenvalue weighted by molar-refractivity contribution is 6.38. The summed E-state index contributed by atoms with van der Waals surface area (Å²) >= 11 is 0. The molecule has 8 nitrogen and oxygen atoms in total. The number of aliphatic imine (C=N–C) groups is 1. The molecule has 1 amide bonds. The average molecular weight is 499 g/mol. The number of anilines is 1. The van der Waals surface area contributed by atoms with Gasteiger partial charge in [-0.2, -0.15) is 23.4 Å². The molecule has 0 saturated heterocycles. The number of methoxy groups -OCH3 is 1. The molecule has 4 rings (SSSR count). The summed E-state index contributed by atoms with van der Waals surface area (Å²) in [6.07, 6.45) is 0.975. The molecule has 0 saturated carbocycles. The van der Waals surface area contributed by atoms with Gasteiger partial charge in [-0.1, -0.05) is 24.3 Å². The molecule has 3 aromatic rings. The highest BCUT2D eigenvalue weighted by Gasteiger charge is 2.38. The van der Waals surface area contributed by atoms with Gasteiger partial charge in [-0.25, -0.2) is 4.68 Å². The van der Waals surface area contributed by atoms with Crippen molar-refractivity contribution in [3.63, 3.8) is 0 Å². The molecule has 0 fully saturated rings. The van der Waals surface area contributed by atoms with Crippen LogP contribution in [0.25, 0.3) is 5.69 Å². The van der Waals surface area contributed by atoms with E-state index in [1.807, 2.05) is 13.1 Å². The topological polar surface area (TPSA) is 98.1 Å². The lowest BCUT2D eigenvalue weighted by molar-refractivity contribution is -0.133. The summed E-state index contributed by atoms with van der Waals surface area (Å²) in [5.74, 6) is 5.38. The zero-order valence-corrected chi connectivity index (χ0v) is 19.7. The fourth-order valence-corrected chi connectivity index (χ4v) is 4.09. The fraction of sp³-hybridized carbons (Fsp3) is 0.280. The number of nitrogens with zero attached hydrogens (tertiary/aromatic N) is 5. The fourth-order valence-electron chi connectivity index (χ4n) is 4.09. The lowest BCUT2D eigenvalue weighted by Gasteiger charge is -2.25. The van der Waals surface area contributed by atoms with Crippen LogP contribution in [0.15, 0.2) is 65.0 Å². The molecule has 0 aliphatic carbocycles. The molecular weight excluding hydrogens is 473 g/mol. The third-order valence-electron chi connectivity index (χ3n) is 5.81. The number of hydrogen-bond acceptors (Lipinski definition) is 6. The number of aromatic nitrogens is 2. The minimum atomic E-state index is -4.56. The van der Waals surface area contributed by atoms with Crippen LogP contribution >= 0.6 is 0 Å². The summed E-state index contributed by atoms with van der Waals surface area (Å²) < 4.78 is 47.1. The summed E-state index contributed by atoms with van der Waals surface area (Å²) in [7, 11) is 1.52. The standard InChI is InChI=1S/C25H25F3N6O2/c1-16-12-31-34(14-16)22-10-8-18(11-23(22)36-2)20(32-29)13-30-19-9-7-17-5-3-4-6-21(17)33(24(19)35)15-25(26,27)28/h3-6,8,10-14,19H,7,9,15,29H2,1-2H3. The van der Waals surface area contributed by atoms with Crippen LogP contribution in [0.1, 0.15) is 23.1 Å². The smallest absolute Gasteiger partial charge is 0.406 e. The van der Waals surface area contributed by atoms with Gasteiger partial charge in [-0.05, 0) is 49.1 Å². The first kappa shape index (κ1) is 25.0. The maximum Gasteiger partial charge on any atom is 0.406 e. The summed E-state index contributed by atoms with van der Waals surface area (Å²) in [4.78, 5) is 18.2. The molecule has 36 heavy (non-hydrogen) atoms. The number of halogens is 3. The maximum atomic E-state index is 13.3. The van der Waals surface area contributed by atoms with E-state index in [9.17, 15) is 18.0 Å². The van der Waals surface area contributed by atoms with E-state index in [0.717, 1.165) is 10.5 Å². The van der Waals surface area contributed by atoms with E-state index >= 15 is 0 Å². The third-order valence-corrected chi connectivity index (χ3v) is 5.81. The number of amides is 1. The van der Waals surface area contributed by atoms with Crippen molar-refractivity contribution in [2.24, 2.45) is 15.9 Å². The van der Waals surface area contributed by atoms with Crippen LogP contribution in [0.4, 0.5) is 18.9 Å². The number of aryl methyl sites for hydroxylation is 2. The number of carbonyl (C=O) groups is 1. The second-order valence-corrected chi connectivity index (χ2v) is 8.36. The van der Waals surface area contributed by atoms with Crippen LogP contribution in [0.3, 0.4) is 0 Å². The lowest BCUT2D eigenvalue weighted by Crippen LogP contribution is -2.43. The Balaban J connectivity index is 1.61. The minimum absolute atomic E-state index is 0.244. The lowest BCUT2D eigenvalue weighted by atomic mass is 10.1. The van der Waals surface area contributed by atoms with Gasteiger partial charge < -0.3 is 15.5 Å². The van der Waals surface area contributed by atoms with E-state index in [2.05, 4.69) is 15.2 Å². The van der Waals surface area contributed by atoms with Gasteiger partial charge in [-0.3, -0.25) is 9.79 Å². The first-order valence-corrected chi connectivity index (χ1v) is 11.2. The van der Waals surface area contributed by atoms with Gasteiger partial charge in [0.15, 0.2) is 0 Å². The minimum Gasteiger partial charge on any atom is -0.494 e. The van der Waals surface area contributed by atoms with Crippen LogP contribution in [0.5, 0.6) is 5.75 Å². The van der Waals surface area contributed by atoms with Crippen molar-refractivity contribution in [2.75, 3.05) is 18.6 Å². The summed E-state index contributed by atoms with van der Waals surface area (Å²) in [5.41, 5.74) is 3.39. The van der Waals surface area contributed by atoms with Gasteiger partial charge in [0.1, 0.15) is 29.7 Å². The van der Waals surface area contributed by atoms with E-state index in [1.165, 1.54) is 19.4 Å². The van der Waals surface area contributed by atoms with Crippen LogP contribution in [-0.2, 0) is 11.2 Å². The zero-order chi connectivity index (χ0) is 25.9. The monoisotopic (exact) mass is 498 g/mol. The molecular formula is C25H25F3N6O2. The van der Waals surface area contributed by atoms with Gasteiger partial charge in [0, 0.05) is 17.4 Å². The van der Waals surface area contributed by atoms with Crippen LogP contribution < -0.4 is 15.5 Å². The van der Waals surface area contributed by atoms with E-state index in [0.29, 0.717) is 29.0 Å². The number of rotatable bonds is 6. The quantitative estimate of drug-likeness (QED) is 0.317. The van der Waals surface area contributed by atoms with Crippen LogP contribution in [0.2, 0.25) is 0 Å². The van der Waals surface area contributed by atoms with Crippen molar-refractivity contribution in [2.45, 2.75) is 32.0 Å². The highest BCUT2D eigenvalue weighted by atomic mass is 19.4. The SMILES string of the molecule is COc1cc(C(C=NC2CCc3ccccc3N(CC(F)(F)F)C2=O)=NN)ccc1-n1cc(C)cn1. The second-order valence-electron chi connectivity index (χ2n) is 8.36. The van der Waals surface area contributed by atoms with Crippen molar-refractivity contribution in [3.8, 4) is 11.4 Å². The van der Waals surface area contributed by atoms with Gasteiger partial charge in [0.05, 0.1) is 19.5 Å². The van der Waals surface area contributed by atoms with Crippen molar-refractivity contribution in [1.82, 2.24) is 9.78 Å². The normalized spacial score (nSPS) is 16.8. The number of nitrogens with two attached hydrogens (primary N) is 1. The third kappa shape index (κ3) is 5.40. The summed E-state index contributed by atoms with van der Waals surface area (Å²) in [5, 5.41) is 8.06. The molecule has 1 unspecified atom stereocenters. The summed E-state index contributed by atoms with van der Waals surface area (Å²) in [6.45, 7) is 0.529. The molecule has 11 heteroatoms. The Bertz CT molecular complexity index is 1320. The first-order chi connectivity index (χ1) is 17.2. The zero-order valence-electron chi connectivity index (χ0n) is 19.7. The number of carbonyl (C=O) groups excluding carboxylic acids is 1. The molecule has 2 heterocycles. The Morgan fingerprint density at radius 3 is 2.69 bits per heavy atom. The Morgan fingerprint density at radius 1 is 1.25 bits per heavy atom. The average Bonchev–Trinajstić information content (AvgIpc) is 3.24. The molecule has 2 N–H and O–H groups in total. The maximum absolute atomic E-state index is 13.3. The van der Waals surface area contributed by atoms with E-state index in [1.54, 1.807) is 47.3 Å². The second kappa shape index (κ2) is 10.2. The number of fused-ring (bicyclic) bond motifs is 1. The number of hydrazone groups is 1. The molecule has 0 spiro atoms. The number of ether oxygens (including phenoxy) is 1. The van der Waals surface area contributed by atoms with Crippen LogP contribution in [0, 0.1) is 6.92 Å². The molecule has 1 aromatic heterocycles. The summed E-state index contributed by atoms with van der Waals surface area (Å²) in [6, 6.07) is 10.8. The van der Waals surface area contributed by atoms with E-state index < -0.39 is 24.7 Å².